The van der Waals surface area contributed by atoms with Crippen LogP contribution in [0.3, 0.4) is 0 Å². The Labute approximate surface area is 112 Å². The lowest BCUT2D eigenvalue weighted by Gasteiger charge is -2.28. The fourth-order valence-electron chi connectivity index (χ4n) is 2.49. The lowest BCUT2D eigenvalue weighted by atomic mass is 10.2. The van der Waals surface area contributed by atoms with Gasteiger partial charge in [-0.25, -0.2) is 4.98 Å². The molecule has 1 N–H and O–H groups in total. The zero-order valence-electron chi connectivity index (χ0n) is 11.1. The average Bonchev–Trinajstić information content (AvgIpc) is 2.87. The molecule has 1 aliphatic heterocycles. The molecule has 102 valence electrons. The zero-order chi connectivity index (χ0) is 13.1. The third kappa shape index (κ3) is 3.12. The average molecular weight is 261 g/mol. The van der Waals surface area contributed by atoms with Crippen molar-refractivity contribution >= 4 is 11.1 Å². The fourth-order valence-corrected chi connectivity index (χ4v) is 2.49. The van der Waals surface area contributed by atoms with Crippen molar-refractivity contribution in [2.75, 3.05) is 33.4 Å². The van der Waals surface area contributed by atoms with Crippen LogP contribution in [0.25, 0.3) is 11.1 Å². The van der Waals surface area contributed by atoms with E-state index in [9.17, 15) is 0 Å². The smallest absolute Gasteiger partial charge is 0.181 e. The topological polar surface area (TPSA) is 50.5 Å². The summed E-state index contributed by atoms with van der Waals surface area (Å²) in [4.78, 5) is 6.42. The molecular weight excluding hydrogens is 242 g/mol. The predicted molar refractivity (Wildman–Crippen MR) is 73.0 cm³/mol. The van der Waals surface area contributed by atoms with Gasteiger partial charge in [-0.3, -0.25) is 0 Å². The number of aromatic nitrogens is 1. The van der Waals surface area contributed by atoms with E-state index < -0.39 is 0 Å². The molecule has 3 rings (SSSR count). The molecule has 1 aliphatic rings. The van der Waals surface area contributed by atoms with Crippen LogP contribution in [0.15, 0.2) is 29.0 Å². The lowest BCUT2D eigenvalue weighted by Crippen LogP contribution is -2.47. The van der Waals surface area contributed by atoms with Crippen LogP contribution in [0, 0.1) is 0 Å². The molecule has 1 aromatic carbocycles. The van der Waals surface area contributed by atoms with Gasteiger partial charge in [-0.2, -0.15) is 0 Å². The maximum Gasteiger partial charge on any atom is 0.181 e. The summed E-state index contributed by atoms with van der Waals surface area (Å²) in [7, 11) is 2.13. The summed E-state index contributed by atoms with van der Waals surface area (Å²) in [5.74, 6) is 0. The molecular formula is C14H19N3O2. The Bertz CT molecular complexity index is 534. The van der Waals surface area contributed by atoms with Gasteiger partial charge in [0.15, 0.2) is 12.0 Å². The van der Waals surface area contributed by atoms with Crippen LogP contribution in [0.4, 0.5) is 0 Å². The third-order valence-electron chi connectivity index (χ3n) is 3.38. The minimum Gasteiger partial charge on any atom is -0.443 e. The summed E-state index contributed by atoms with van der Waals surface area (Å²) in [6.45, 7) is 4.44. The van der Waals surface area contributed by atoms with Crippen molar-refractivity contribution in [1.82, 2.24) is 15.2 Å². The highest BCUT2D eigenvalue weighted by molar-refractivity contribution is 5.72. The molecule has 0 radical (unpaired) electrons. The first-order chi connectivity index (χ1) is 9.31. The van der Waals surface area contributed by atoms with Crippen LogP contribution >= 0.6 is 0 Å². The summed E-state index contributed by atoms with van der Waals surface area (Å²) in [6, 6.07) is 6.59. The van der Waals surface area contributed by atoms with Gasteiger partial charge in [0.1, 0.15) is 5.52 Å². The largest absolute Gasteiger partial charge is 0.443 e. The number of hydrogen-bond acceptors (Lipinski definition) is 5. The molecule has 0 aliphatic carbocycles. The highest BCUT2D eigenvalue weighted by Crippen LogP contribution is 2.15. The number of morpholine rings is 1. The molecule has 2 heterocycles. The van der Waals surface area contributed by atoms with Crippen molar-refractivity contribution in [2.24, 2.45) is 0 Å². The summed E-state index contributed by atoms with van der Waals surface area (Å²) < 4.78 is 10.8. The summed E-state index contributed by atoms with van der Waals surface area (Å²) in [5, 5.41) is 3.47. The molecule has 1 atom stereocenters. The van der Waals surface area contributed by atoms with E-state index in [0.29, 0.717) is 6.04 Å². The highest BCUT2D eigenvalue weighted by atomic mass is 16.5. The quantitative estimate of drug-likeness (QED) is 0.897. The number of likely N-dealkylation sites (N-methyl/N-ethyl adjacent to an activating group) is 1. The van der Waals surface area contributed by atoms with E-state index in [0.717, 1.165) is 43.9 Å². The minimum atomic E-state index is 0.424. The minimum absolute atomic E-state index is 0.424. The number of hydrogen-bond donors (Lipinski definition) is 1. The summed E-state index contributed by atoms with van der Waals surface area (Å²) in [5.41, 5.74) is 3.00. The van der Waals surface area contributed by atoms with Crippen molar-refractivity contribution in [1.29, 1.82) is 0 Å². The first-order valence-electron chi connectivity index (χ1n) is 6.63. The van der Waals surface area contributed by atoms with Crippen LogP contribution in [0.1, 0.15) is 5.56 Å². The van der Waals surface area contributed by atoms with Gasteiger partial charge < -0.3 is 19.4 Å². The molecule has 2 aromatic rings. The van der Waals surface area contributed by atoms with Crippen LogP contribution in [-0.2, 0) is 11.3 Å². The van der Waals surface area contributed by atoms with Crippen LogP contribution in [0.5, 0.6) is 0 Å². The van der Waals surface area contributed by atoms with Crippen LogP contribution < -0.4 is 5.32 Å². The van der Waals surface area contributed by atoms with Crippen LogP contribution in [-0.4, -0.2) is 49.3 Å². The van der Waals surface area contributed by atoms with Crippen molar-refractivity contribution in [3.8, 4) is 0 Å². The number of nitrogens with one attached hydrogen (secondary N) is 1. The molecule has 1 aromatic heterocycles. The number of benzene rings is 1. The molecule has 0 saturated carbocycles. The standard InChI is InChI=1S/C14H19N3O2/c1-17(8-12-9-18-5-4-15-12)7-11-2-3-13-14(6-11)19-10-16-13/h2-3,6,10,12,15H,4-5,7-9H2,1H3. The second kappa shape index (κ2) is 5.69. The van der Waals surface area contributed by atoms with Crippen molar-refractivity contribution < 1.29 is 9.15 Å². The second-order valence-electron chi connectivity index (χ2n) is 5.08. The Morgan fingerprint density at radius 3 is 3.26 bits per heavy atom. The first-order valence-corrected chi connectivity index (χ1v) is 6.63. The Morgan fingerprint density at radius 1 is 1.47 bits per heavy atom. The Kier molecular flexibility index (Phi) is 3.77. The molecule has 0 spiro atoms. The van der Waals surface area contributed by atoms with Gasteiger partial charge in [0.2, 0.25) is 0 Å². The van der Waals surface area contributed by atoms with Crippen molar-refractivity contribution in [3.05, 3.63) is 30.2 Å². The summed E-state index contributed by atoms with van der Waals surface area (Å²) >= 11 is 0. The first kappa shape index (κ1) is 12.6. The predicted octanol–water partition coefficient (Wildman–Crippen LogP) is 1.25. The Morgan fingerprint density at radius 2 is 2.42 bits per heavy atom. The molecule has 19 heavy (non-hydrogen) atoms. The van der Waals surface area contributed by atoms with E-state index >= 15 is 0 Å². The van der Waals surface area contributed by atoms with Gasteiger partial charge in [0, 0.05) is 25.7 Å². The van der Waals surface area contributed by atoms with Gasteiger partial charge in [-0.15, -0.1) is 0 Å². The number of ether oxygens (including phenoxy) is 1. The monoisotopic (exact) mass is 261 g/mol. The van der Waals surface area contributed by atoms with E-state index in [1.165, 1.54) is 12.0 Å². The van der Waals surface area contributed by atoms with Crippen molar-refractivity contribution in [3.63, 3.8) is 0 Å². The molecule has 5 nitrogen and oxygen atoms in total. The van der Waals surface area contributed by atoms with E-state index in [2.05, 4.69) is 34.4 Å². The van der Waals surface area contributed by atoms with Crippen LogP contribution in [0.2, 0.25) is 0 Å². The molecule has 1 saturated heterocycles. The Balaban J connectivity index is 1.59. The number of fused-ring (bicyclic) bond motifs is 1. The maximum absolute atomic E-state index is 5.47. The fraction of sp³-hybridized carbons (Fsp3) is 0.500. The molecule has 1 unspecified atom stereocenters. The number of oxazole rings is 1. The van der Waals surface area contributed by atoms with Crippen molar-refractivity contribution in [2.45, 2.75) is 12.6 Å². The second-order valence-corrected chi connectivity index (χ2v) is 5.08. The van der Waals surface area contributed by atoms with E-state index in [-0.39, 0.29) is 0 Å². The normalized spacial score (nSPS) is 20.2. The Hall–Kier alpha value is -1.43. The zero-order valence-corrected chi connectivity index (χ0v) is 11.1. The molecule has 5 heteroatoms. The van der Waals surface area contributed by atoms with Gasteiger partial charge in [-0.05, 0) is 24.7 Å². The molecule has 0 amide bonds. The van der Waals surface area contributed by atoms with E-state index in [1.54, 1.807) is 0 Å². The SMILES string of the molecule is CN(Cc1ccc2ncoc2c1)CC1COCCN1. The van der Waals surface area contributed by atoms with Gasteiger partial charge in [0.05, 0.1) is 13.2 Å². The number of rotatable bonds is 4. The van der Waals surface area contributed by atoms with E-state index in [1.807, 2.05) is 6.07 Å². The van der Waals surface area contributed by atoms with E-state index in [4.69, 9.17) is 9.15 Å². The molecule has 1 fully saturated rings. The summed E-state index contributed by atoms with van der Waals surface area (Å²) in [6.07, 6.45) is 1.49. The van der Waals surface area contributed by atoms with Gasteiger partial charge in [-0.1, -0.05) is 6.07 Å². The lowest BCUT2D eigenvalue weighted by molar-refractivity contribution is 0.0645. The van der Waals surface area contributed by atoms with Gasteiger partial charge in [0.25, 0.3) is 0 Å². The third-order valence-corrected chi connectivity index (χ3v) is 3.38. The number of nitrogens with zero attached hydrogens (tertiary/aromatic N) is 2. The van der Waals surface area contributed by atoms with Gasteiger partial charge >= 0.3 is 0 Å². The molecule has 0 bridgehead atoms. The maximum atomic E-state index is 5.47. The highest BCUT2D eigenvalue weighted by Gasteiger charge is 2.15.